The van der Waals surface area contributed by atoms with Crippen molar-refractivity contribution in [2.24, 2.45) is 0 Å². The zero-order valence-corrected chi connectivity index (χ0v) is 8.17. The largest absolute Gasteiger partial charge is 0.300 e. The maximum Gasteiger partial charge on any atom is 0.285 e. The van der Waals surface area contributed by atoms with Crippen LogP contribution in [0.15, 0.2) is 0 Å². The van der Waals surface area contributed by atoms with Gasteiger partial charge in [0, 0.05) is 6.42 Å². The Morgan fingerprint density at radius 3 is 1.54 bits per heavy atom. The lowest BCUT2D eigenvalue weighted by molar-refractivity contribution is -0.116. The Morgan fingerprint density at radius 2 is 1.46 bits per heavy atom. The maximum absolute atomic E-state index is 10.4. The summed E-state index contributed by atoms with van der Waals surface area (Å²) in [5.74, 6) is -0.778. The van der Waals surface area contributed by atoms with E-state index in [0.717, 1.165) is 6.92 Å². The van der Waals surface area contributed by atoms with E-state index in [9.17, 15) is 21.6 Å². The molecule has 9 heteroatoms. The van der Waals surface area contributed by atoms with Crippen molar-refractivity contribution in [3.05, 3.63) is 0 Å². The van der Waals surface area contributed by atoms with Crippen molar-refractivity contribution in [3.8, 4) is 0 Å². The van der Waals surface area contributed by atoms with Crippen LogP contribution in [0.1, 0.15) is 13.3 Å². The summed E-state index contributed by atoms with van der Waals surface area (Å²) in [5, 5.41) is 0. The minimum Gasteiger partial charge on any atom is -0.300 e. The quantitative estimate of drug-likeness (QED) is 0.599. The van der Waals surface area contributed by atoms with Crippen molar-refractivity contribution in [1.29, 1.82) is 0 Å². The van der Waals surface area contributed by atoms with Gasteiger partial charge in [-0.25, -0.2) is 0 Å². The molecule has 0 aromatic rings. The molecule has 78 valence electrons. The van der Waals surface area contributed by atoms with Crippen LogP contribution in [0.3, 0.4) is 0 Å². The molecule has 0 fully saturated rings. The number of rotatable bonds is 4. The molecule has 0 bridgehead atoms. The van der Waals surface area contributed by atoms with Gasteiger partial charge in [0.15, 0.2) is 0 Å². The summed E-state index contributed by atoms with van der Waals surface area (Å²) >= 11 is 0. The van der Waals surface area contributed by atoms with Gasteiger partial charge in [0.05, 0.1) is 0 Å². The van der Waals surface area contributed by atoms with Gasteiger partial charge in [0.2, 0.25) is 4.58 Å². The molecule has 0 rings (SSSR count). The van der Waals surface area contributed by atoms with Gasteiger partial charge in [0.1, 0.15) is 5.78 Å². The SMILES string of the molecule is CC(=O)CC(S(=O)(=O)O)S(=O)(=O)O. The molecule has 2 N–H and O–H groups in total. The Morgan fingerprint density at radius 1 is 1.15 bits per heavy atom. The fourth-order valence-electron chi connectivity index (χ4n) is 0.599. The highest BCUT2D eigenvalue weighted by Crippen LogP contribution is 2.11. The predicted molar refractivity (Wildman–Crippen MR) is 42.2 cm³/mol. The van der Waals surface area contributed by atoms with Crippen molar-refractivity contribution in [1.82, 2.24) is 0 Å². The van der Waals surface area contributed by atoms with Crippen LogP contribution in [0.2, 0.25) is 0 Å². The van der Waals surface area contributed by atoms with Crippen LogP contribution >= 0.6 is 0 Å². The van der Waals surface area contributed by atoms with E-state index in [2.05, 4.69) is 0 Å². The first-order valence-corrected chi connectivity index (χ1v) is 5.98. The van der Waals surface area contributed by atoms with Crippen LogP contribution in [-0.2, 0) is 25.0 Å². The molecule has 7 nitrogen and oxygen atoms in total. The van der Waals surface area contributed by atoms with Gasteiger partial charge in [-0.05, 0) is 6.92 Å². The first-order valence-electron chi connectivity index (χ1n) is 2.97. The van der Waals surface area contributed by atoms with Crippen LogP contribution in [0.4, 0.5) is 0 Å². The summed E-state index contributed by atoms with van der Waals surface area (Å²) < 4.78 is 55.7. The molecule has 0 saturated heterocycles. The van der Waals surface area contributed by atoms with Crippen molar-refractivity contribution in [2.45, 2.75) is 17.9 Å². The van der Waals surface area contributed by atoms with E-state index >= 15 is 0 Å². The lowest BCUT2D eigenvalue weighted by Gasteiger charge is -2.07. The van der Waals surface area contributed by atoms with Crippen LogP contribution in [0.5, 0.6) is 0 Å². The third-order valence-corrected chi connectivity index (χ3v) is 4.24. The van der Waals surface area contributed by atoms with E-state index in [1.807, 2.05) is 0 Å². The maximum atomic E-state index is 10.4. The van der Waals surface area contributed by atoms with E-state index in [4.69, 9.17) is 9.11 Å². The van der Waals surface area contributed by atoms with Crippen LogP contribution in [-0.4, -0.2) is 36.3 Å². The third kappa shape index (κ3) is 4.31. The standard InChI is InChI=1S/C4H8O7S2/c1-3(5)2-4(12(6,7)8)13(9,10)11/h4H,2H2,1H3,(H,6,7,8)(H,9,10,11). The number of hydrogen-bond donors (Lipinski definition) is 2. The molecule has 0 aromatic carbocycles. The molecule has 0 aliphatic heterocycles. The van der Waals surface area contributed by atoms with E-state index in [1.54, 1.807) is 0 Å². The molecule has 0 aromatic heterocycles. The first-order chi connectivity index (χ1) is 5.55. The summed E-state index contributed by atoms with van der Waals surface area (Å²) in [7, 11) is -9.95. The van der Waals surface area contributed by atoms with Gasteiger partial charge in [-0.1, -0.05) is 0 Å². The molecule has 0 radical (unpaired) electrons. The second kappa shape index (κ2) is 3.70. The lowest BCUT2D eigenvalue weighted by atomic mass is 10.3. The number of Topliss-reactive ketones (excluding diaryl/α,β-unsaturated/α-hetero) is 1. The fourth-order valence-corrected chi connectivity index (χ4v) is 2.72. The molecule has 0 heterocycles. The normalized spacial score (nSPS) is 13.2. The molecule has 0 aliphatic carbocycles. The molecule has 0 spiro atoms. The Labute approximate surface area is 75.3 Å². The molecule has 0 unspecified atom stereocenters. The third-order valence-electron chi connectivity index (χ3n) is 1.12. The lowest BCUT2D eigenvalue weighted by Crippen LogP contribution is -2.31. The Bertz CT molecular complexity index is 356. The number of carbonyl (C=O) groups is 1. The molecule has 13 heavy (non-hydrogen) atoms. The molecule has 0 atom stereocenters. The van der Waals surface area contributed by atoms with Gasteiger partial charge in [-0.15, -0.1) is 0 Å². The zero-order chi connectivity index (χ0) is 10.9. The topological polar surface area (TPSA) is 126 Å². The Hall–Kier alpha value is -0.510. The van der Waals surface area contributed by atoms with Crippen molar-refractivity contribution in [3.63, 3.8) is 0 Å². The van der Waals surface area contributed by atoms with Gasteiger partial charge in [0.25, 0.3) is 20.2 Å². The number of hydrogen-bond acceptors (Lipinski definition) is 5. The highest BCUT2D eigenvalue weighted by Gasteiger charge is 2.36. The van der Waals surface area contributed by atoms with Crippen molar-refractivity contribution in [2.75, 3.05) is 0 Å². The number of ketones is 1. The van der Waals surface area contributed by atoms with E-state index < -0.39 is 37.0 Å². The molecular weight excluding hydrogens is 224 g/mol. The highest BCUT2D eigenvalue weighted by atomic mass is 32.3. The van der Waals surface area contributed by atoms with Crippen LogP contribution in [0, 0.1) is 0 Å². The summed E-state index contributed by atoms with van der Waals surface area (Å²) in [4.78, 5) is 10.4. The molecule has 0 saturated carbocycles. The monoisotopic (exact) mass is 232 g/mol. The fraction of sp³-hybridized carbons (Fsp3) is 0.750. The van der Waals surface area contributed by atoms with Crippen molar-refractivity contribution < 1.29 is 30.7 Å². The molecular formula is C4H8O7S2. The minimum absolute atomic E-state index is 0.778. The second-order valence-electron chi connectivity index (χ2n) is 2.37. The van der Waals surface area contributed by atoms with Crippen LogP contribution in [0.25, 0.3) is 0 Å². The average Bonchev–Trinajstić information content (AvgIpc) is 1.77. The van der Waals surface area contributed by atoms with Gasteiger partial charge < -0.3 is 0 Å². The summed E-state index contributed by atoms with van der Waals surface area (Å²) in [6.07, 6.45) is -0.975. The highest BCUT2D eigenvalue weighted by molar-refractivity contribution is 8.04. The molecule has 0 amide bonds. The average molecular weight is 232 g/mol. The Kier molecular flexibility index (Phi) is 3.55. The first kappa shape index (κ1) is 12.5. The Balaban J connectivity index is 5.15. The summed E-state index contributed by atoms with van der Waals surface area (Å²) in [6.45, 7) is 0.934. The predicted octanol–water partition coefficient (Wildman–Crippen LogP) is -0.933. The van der Waals surface area contributed by atoms with Gasteiger partial charge >= 0.3 is 0 Å². The minimum atomic E-state index is -4.98. The van der Waals surface area contributed by atoms with Crippen LogP contribution < -0.4 is 0 Å². The molecule has 0 aliphatic rings. The van der Waals surface area contributed by atoms with E-state index in [0.29, 0.717) is 0 Å². The summed E-state index contributed by atoms with van der Waals surface area (Å²) in [5.41, 5.74) is 0. The smallest absolute Gasteiger partial charge is 0.285 e. The van der Waals surface area contributed by atoms with E-state index in [1.165, 1.54) is 0 Å². The second-order valence-corrected chi connectivity index (χ2v) is 5.86. The van der Waals surface area contributed by atoms with Gasteiger partial charge in [-0.3, -0.25) is 13.9 Å². The van der Waals surface area contributed by atoms with Crippen molar-refractivity contribution >= 4 is 26.0 Å². The number of carbonyl (C=O) groups excluding carboxylic acids is 1. The van der Waals surface area contributed by atoms with E-state index in [-0.39, 0.29) is 0 Å². The van der Waals surface area contributed by atoms with Gasteiger partial charge in [-0.2, -0.15) is 16.8 Å². The summed E-state index contributed by atoms with van der Waals surface area (Å²) in [6, 6.07) is 0. The zero-order valence-electron chi connectivity index (χ0n) is 6.54.